The Morgan fingerprint density at radius 3 is 2.58 bits per heavy atom. The summed E-state index contributed by atoms with van der Waals surface area (Å²) in [7, 11) is 5.41. The average Bonchev–Trinajstić information content (AvgIpc) is 2.87. The van der Waals surface area contributed by atoms with E-state index in [4.69, 9.17) is 0 Å². The molecule has 0 spiro atoms. The van der Waals surface area contributed by atoms with Gasteiger partial charge in [-0.15, -0.1) is 0 Å². The molecule has 6 nitrogen and oxygen atoms in total. The van der Waals surface area contributed by atoms with Gasteiger partial charge in [0, 0.05) is 27.3 Å². The van der Waals surface area contributed by atoms with Crippen LogP contribution in [0.5, 0.6) is 0 Å². The molecule has 1 amide bonds. The van der Waals surface area contributed by atoms with Crippen LogP contribution < -0.4 is 0 Å². The number of carbonyl (C=O) groups excluding carboxylic acids is 1. The van der Waals surface area contributed by atoms with E-state index in [1.54, 1.807) is 21.3 Å². The minimum atomic E-state index is -0.124. The number of hydrogen-bond acceptors (Lipinski definition) is 3. The van der Waals surface area contributed by atoms with Gasteiger partial charge < -0.3 is 4.90 Å². The summed E-state index contributed by atoms with van der Waals surface area (Å²) >= 11 is 3.41. The Balaban J connectivity index is 2.17. The maximum atomic E-state index is 12.3. The molecule has 2 rings (SSSR count). The maximum absolute atomic E-state index is 12.3. The van der Waals surface area contributed by atoms with Gasteiger partial charge in [0.05, 0.1) is 22.4 Å². The van der Waals surface area contributed by atoms with E-state index >= 15 is 0 Å². The molecule has 102 valence electrons. The Labute approximate surface area is 120 Å². The third-order valence-electron chi connectivity index (χ3n) is 2.98. The number of aryl methyl sites for hydroxylation is 2. The minimum absolute atomic E-state index is 0.124. The van der Waals surface area contributed by atoms with Crippen LogP contribution >= 0.6 is 15.9 Å². The minimum Gasteiger partial charge on any atom is -0.334 e. The van der Waals surface area contributed by atoms with E-state index in [1.165, 1.54) is 0 Å². The Hall–Kier alpha value is -1.63. The van der Waals surface area contributed by atoms with E-state index in [1.807, 2.05) is 33.3 Å². The fourth-order valence-corrected chi connectivity index (χ4v) is 2.27. The van der Waals surface area contributed by atoms with E-state index < -0.39 is 0 Å². The molecule has 0 N–H and O–H groups in total. The number of hydrogen-bond donors (Lipinski definition) is 0. The van der Waals surface area contributed by atoms with Gasteiger partial charge in [-0.3, -0.25) is 14.2 Å². The highest BCUT2D eigenvalue weighted by Crippen LogP contribution is 2.21. The SMILES string of the molecule is Cc1c(Br)c(C(=O)N(C)Cc2ccn(C)n2)nn1C. The van der Waals surface area contributed by atoms with Gasteiger partial charge in [0.25, 0.3) is 5.91 Å². The molecule has 0 fully saturated rings. The summed E-state index contributed by atoms with van der Waals surface area (Å²) in [5, 5.41) is 8.49. The first kappa shape index (κ1) is 13.8. The molecule has 0 aliphatic carbocycles. The molecule has 2 heterocycles. The number of rotatable bonds is 3. The third-order valence-corrected chi connectivity index (χ3v) is 3.93. The lowest BCUT2D eigenvalue weighted by atomic mass is 10.3. The molecule has 0 aliphatic heterocycles. The van der Waals surface area contributed by atoms with E-state index in [0.29, 0.717) is 12.2 Å². The average molecular weight is 326 g/mol. The highest BCUT2D eigenvalue weighted by molar-refractivity contribution is 9.10. The first-order valence-electron chi connectivity index (χ1n) is 5.83. The Bertz CT molecular complexity index is 616. The molecule has 0 saturated heterocycles. The zero-order chi connectivity index (χ0) is 14.2. The second-order valence-electron chi connectivity index (χ2n) is 4.51. The fourth-order valence-electron chi connectivity index (χ4n) is 1.76. The van der Waals surface area contributed by atoms with E-state index in [9.17, 15) is 4.79 Å². The standard InChI is InChI=1S/C12H16BrN5O/c1-8-10(13)11(15-18(8)4)12(19)16(2)7-9-5-6-17(3)14-9/h5-6H,7H2,1-4H3. The van der Waals surface area contributed by atoms with Gasteiger partial charge in [0.2, 0.25) is 0 Å². The summed E-state index contributed by atoms with van der Waals surface area (Å²) in [6, 6.07) is 1.89. The van der Waals surface area contributed by atoms with E-state index in [2.05, 4.69) is 26.1 Å². The van der Waals surface area contributed by atoms with Crippen LogP contribution in [0.3, 0.4) is 0 Å². The van der Waals surface area contributed by atoms with E-state index in [-0.39, 0.29) is 5.91 Å². The highest BCUT2D eigenvalue weighted by atomic mass is 79.9. The summed E-state index contributed by atoms with van der Waals surface area (Å²) in [5.74, 6) is -0.124. The lowest BCUT2D eigenvalue weighted by Crippen LogP contribution is -2.27. The van der Waals surface area contributed by atoms with Crippen LogP contribution in [0.4, 0.5) is 0 Å². The summed E-state index contributed by atoms with van der Waals surface area (Å²) < 4.78 is 4.15. The monoisotopic (exact) mass is 325 g/mol. The first-order valence-corrected chi connectivity index (χ1v) is 6.62. The van der Waals surface area contributed by atoms with Crippen molar-refractivity contribution in [2.45, 2.75) is 13.5 Å². The normalized spacial score (nSPS) is 10.8. The molecule has 0 unspecified atom stereocenters. The predicted octanol–water partition coefficient (Wildman–Crippen LogP) is 1.50. The molecule has 2 aromatic rings. The smallest absolute Gasteiger partial charge is 0.275 e. The maximum Gasteiger partial charge on any atom is 0.275 e. The number of carbonyl (C=O) groups is 1. The van der Waals surface area contributed by atoms with Gasteiger partial charge in [-0.2, -0.15) is 10.2 Å². The first-order chi connectivity index (χ1) is 8.90. The topological polar surface area (TPSA) is 56.0 Å². The van der Waals surface area contributed by atoms with Gasteiger partial charge in [-0.05, 0) is 28.9 Å². The van der Waals surface area contributed by atoms with Crippen molar-refractivity contribution < 1.29 is 4.79 Å². The summed E-state index contributed by atoms with van der Waals surface area (Å²) in [4.78, 5) is 13.9. The van der Waals surface area contributed by atoms with Crippen LogP contribution in [0.15, 0.2) is 16.7 Å². The largest absolute Gasteiger partial charge is 0.334 e. The third kappa shape index (κ3) is 2.70. The number of halogens is 1. The van der Waals surface area contributed by atoms with Crippen molar-refractivity contribution >= 4 is 21.8 Å². The van der Waals surface area contributed by atoms with Gasteiger partial charge in [0.1, 0.15) is 0 Å². The molecule has 0 saturated carbocycles. The van der Waals surface area contributed by atoms with Crippen molar-refractivity contribution in [1.82, 2.24) is 24.5 Å². The second kappa shape index (κ2) is 5.16. The summed E-state index contributed by atoms with van der Waals surface area (Å²) in [6.45, 7) is 2.37. The fraction of sp³-hybridized carbons (Fsp3) is 0.417. The summed E-state index contributed by atoms with van der Waals surface area (Å²) in [6.07, 6.45) is 1.86. The quantitative estimate of drug-likeness (QED) is 0.859. The number of amides is 1. The molecule has 7 heteroatoms. The Morgan fingerprint density at radius 1 is 1.42 bits per heavy atom. The molecule has 2 aromatic heterocycles. The van der Waals surface area contributed by atoms with Gasteiger partial charge in [-0.1, -0.05) is 0 Å². The van der Waals surface area contributed by atoms with Crippen LogP contribution in [0, 0.1) is 6.92 Å². The molecular weight excluding hydrogens is 310 g/mol. The zero-order valence-corrected chi connectivity index (χ0v) is 13.0. The molecule has 0 aliphatic rings. The Morgan fingerprint density at radius 2 is 2.11 bits per heavy atom. The molecule has 0 aromatic carbocycles. The Kier molecular flexibility index (Phi) is 3.75. The van der Waals surface area contributed by atoms with Crippen molar-refractivity contribution in [2.75, 3.05) is 7.05 Å². The van der Waals surface area contributed by atoms with Crippen molar-refractivity contribution in [3.05, 3.63) is 33.8 Å². The van der Waals surface area contributed by atoms with Crippen molar-refractivity contribution in [3.63, 3.8) is 0 Å². The van der Waals surface area contributed by atoms with Crippen LogP contribution in [0.2, 0.25) is 0 Å². The molecule has 0 atom stereocenters. The molecule has 19 heavy (non-hydrogen) atoms. The molecular formula is C12H16BrN5O. The predicted molar refractivity (Wildman–Crippen MR) is 74.7 cm³/mol. The van der Waals surface area contributed by atoms with Crippen molar-refractivity contribution in [3.8, 4) is 0 Å². The molecule has 0 bridgehead atoms. The number of aromatic nitrogens is 4. The van der Waals surface area contributed by atoms with E-state index in [0.717, 1.165) is 15.9 Å². The summed E-state index contributed by atoms with van der Waals surface area (Å²) in [5.41, 5.74) is 2.20. The second-order valence-corrected chi connectivity index (χ2v) is 5.31. The van der Waals surface area contributed by atoms with Crippen molar-refractivity contribution in [1.29, 1.82) is 0 Å². The molecule has 0 radical (unpaired) electrons. The van der Waals surface area contributed by atoms with Crippen LogP contribution in [-0.2, 0) is 20.6 Å². The van der Waals surface area contributed by atoms with Crippen LogP contribution in [-0.4, -0.2) is 37.4 Å². The highest BCUT2D eigenvalue weighted by Gasteiger charge is 2.21. The van der Waals surface area contributed by atoms with Crippen LogP contribution in [0.1, 0.15) is 21.9 Å². The lowest BCUT2D eigenvalue weighted by Gasteiger charge is -2.14. The lowest BCUT2D eigenvalue weighted by molar-refractivity contribution is 0.0775. The van der Waals surface area contributed by atoms with Gasteiger partial charge in [-0.25, -0.2) is 0 Å². The van der Waals surface area contributed by atoms with Crippen molar-refractivity contribution in [2.24, 2.45) is 14.1 Å². The van der Waals surface area contributed by atoms with Gasteiger partial charge in [0.15, 0.2) is 5.69 Å². The number of nitrogens with zero attached hydrogens (tertiary/aromatic N) is 5. The van der Waals surface area contributed by atoms with Gasteiger partial charge >= 0.3 is 0 Å². The van der Waals surface area contributed by atoms with Crippen LogP contribution in [0.25, 0.3) is 0 Å². The zero-order valence-electron chi connectivity index (χ0n) is 11.4.